The van der Waals surface area contributed by atoms with Crippen molar-refractivity contribution in [1.29, 1.82) is 0 Å². The summed E-state index contributed by atoms with van der Waals surface area (Å²) in [7, 11) is -1.40. The lowest BCUT2D eigenvalue weighted by molar-refractivity contribution is 0.293. The van der Waals surface area contributed by atoms with Gasteiger partial charge in [-0.1, -0.05) is 6.42 Å². The van der Waals surface area contributed by atoms with Gasteiger partial charge in [-0.05, 0) is 18.5 Å². The van der Waals surface area contributed by atoms with E-state index in [-0.39, 0.29) is 5.75 Å². The van der Waals surface area contributed by atoms with E-state index in [2.05, 4.69) is 0 Å². The fourth-order valence-electron chi connectivity index (χ4n) is 1.71. The molecule has 2 rings (SSSR count). The van der Waals surface area contributed by atoms with Crippen molar-refractivity contribution in [3.8, 4) is 23.0 Å². The normalized spacial score (nSPS) is 17.5. The zero-order valence-electron chi connectivity index (χ0n) is 8.60. The number of phenols is 4. The fourth-order valence-corrected chi connectivity index (χ4v) is 3.93. The lowest BCUT2D eigenvalue weighted by Gasteiger charge is -2.21. The molecule has 0 spiro atoms. The average Bonchev–Trinajstić information content (AvgIpc) is 2.32. The molecule has 1 aromatic rings. The highest BCUT2D eigenvalue weighted by Crippen LogP contribution is 2.40. The molecule has 6 heteroatoms. The zero-order chi connectivity index (χ0) is 11.7. The Hall–Kier alpha value is -1.40. The van der Waals surface area contributed by atoms with Gasteiger partial charge in [-0.3, -0.25) is 0 Å². The van der Waals surface area contributed by atoms with E-state index >= 15 is 0 Å². The van der Waals surface area contributed by atoms with E-state index in [1.165, 1.54) is 6.07 Å². The molecule has 0 unspecified atom stereocenters. The summed E-state index contributed by atoms with van der Waals surface area (Å²) >= 11 is 0. The van der Waals surface area contributed by atoms with Crippen LogP contribution < -0.4 is 5.19 Å². The van der Waals surface area contributed by atoms with Crippen LogP contribution in [0.2, 0.25) is 6.04 Å². The van der Waals surface area contributed by atoms with Gasteiger partial charge < -0.3 is 24.9 Å². The molecule has 4 N–H and O–H groups in total. The van der Waals surface area contributed by atoms with Crippen molar-refractivity contribution < 1.29 is 24.9 Å². The largest absolute Gasteiger partial charge is 0.504 e. The third kappa shape index (κ3) is 1.81. The summed E-state index contributed by atoms with van der Waals surface area (Å²) < 4.78 is 5.53. The summed E-state index contributed by atoms with van der Waals surface area (Å²) in [5.74, 6) is -2.19. The first-order chi connectivity index (χ1) is 7.61. The van der Waals surface area contributed by atoms with Crippen LogP contribution in [0, 0.1) is 0 Å². The number of benzene rings is 1. The van der Waals surface area contributed by atoms with E-state index in [0.29, 0.717) is 11.8 Å². The lowest BCUT2D eigenvalue weighted by Crippen LogP contribution is -2.36. The van der Waals surface area contributed by atoms with E-state index in [0.717, 1.165) is 18.9 Å². The molecule has 87 valence electrons. The Kier molecular flexibility index (Phi) is 2.93. The minimum Gasteiger partial charge on any atom is -0.504 e. The molecule has 0 bridgehead atoms. The van der Waals surface area contributed by atoms with E-state index in [4.69, 9.17) is 4.43 Å². The minimum atomic E-state index is -1.40. The van der Waals surface area contributed by atoms with Crippen LogP contribution in [0.4, 0.5) is 0 Å². The first kappa shape index (κ1) is 11.1. The van der Waals surface area contributed by atoms with Gasteiger partial charge in [0.15, 0.2) is 11.5 Å². The van der Waals surface area contributed by atoms with Crippen LogP contribution in [0.1, 0.15) is 12.8 Å². The molecule has 1 fully saturated rings. The average molecular weight is 241 g/mol. The summed E-state index contributed by atoms with van der Waals surface area (Å²) in [6.07, 6.45) is 2.00. The highest BCUT2D eigenvalue weighted by molar-refractivity contribution is 6.68. The van der Waals surface area contributed by atoms with Gasteiger partial charge in [0.25, 0.3) is 9.04 Å². The van der Waals surface area contributed by atoms with Crippen LogP contribution in [-0.2, 0) is 4.43 Å². The van der Waals surface area contributed by atoms with Crippen LogP contribution in [0.15, 0.2) is 6.07 Å². The Labute approximate surface area is 94.3 Å². The standard InChI is InChI=1S/C10H13O5Si/c11-6-5-7(9(13)10(14)8(6)12)16-4-2-1-3-15-16/h5,11-14H,1-4H2. The first-order valence-corrected chi connectivity index (χ1v) is 6.68. The monoisotopic (exact) mass is 241 g/mol. The number of hydrogen-bond donors (Lipinski definition) is 4. The van der Waals surface area contributed by atoms with Gasteiger partial charge in [0.05, 0.1) is 0 Å². The Morgan fingerprint density at radius 3 is 2.38 bits per heavy atom. The van der Waals surface area contributed by atoms with Gasteiger partial charge in [0, 0.05) is 11.8 Å². The first-order valence-electron chi connectivity index (χ1n) is 5.07. The van der Waals surface area contributed by atoms with Gasteiger partial charge in [0.2, 0.25) is 11.5 Å². The van der Waals surface area contributed by atoms with Crippen molar-refractivity contribution in [2.24, 2.45) is 0 Å². The molecule has 0 aliphatic carbocycles. The molecule has 16 heavy (non-hydrogen) atoms. The van der Waals surface area contributed by atoms with Crippen molar-refractivity contribution in [3.05, 3.63) is 6.07 Å². The molecule has 1 aromatic carbocycles. The van der Waals surface area contributed by atoms with Gasteiger partial charge in [-0.25, -0.2) is 0 Å². The highest BCUT2D eigenvalue weighted by atomic mass is 28.3. The molecule has 0 saturated carbocycles. The van der Waals surface area contributed by atoms with Gasteiger partial charge >= 0.3 is 0 Å². The van der Waals surface area contributed by atoms with Crippen LogP contribution >= 0.6 is 0 Å². The lowest BCUT2D eigenvalue weighted by atomic mass is 10.2. The predicted molar refractivity (Wildman–Crippen MR) is 58.5 cm³/mol. The van der Waals surface area contributed by atoms with Crippen molar-refractivity contribution in [2.75, 3.05) is 6.61 Å². The third-order valence-corrected chi connectivity index (χ3v) is 4.94. The number of phenolic OH excluding ortho intramolecular Hbond substituents is 4. The fraction of sp³-hybridized carbons (Fsp3) is 0.400. The topological polar surface area (TPSA) is 90.2 Å². The summed E-state index contributed by atoms with van der Waals surface area (Å²) in [5.41, 5.74) is 0. The number of aromatic hydroxyl groups is 4. The molecule has 5 nitrogen and oxygen atoms in total. The van der Waals surface area contributed by atoms with Crippen LogP contribution in [0.25, 0.3) is 0 Å². The molecule has 1 aliphatic heterocycles. The van der Waals surface area contributed by atoms with Crippen LogP contribution in [-0.4, -0.2) is 36.1 Å². The van der Waals surface area contributed by atoms with Gasteiger partial charge in [-0.2, -0.15) is 0 Å². The summed E-state index contributed by atoms with van der Waals surface area (Å²) in [6, 6.07) is 2.09. The molecule has 1 aliphatic rings. The Morgan fingerprint density at radius 2 is 1.75 bits per heavy atom. The van der Waals surface area contributed by atoms with E-state index < -0.39 is 26.3 Å². The molecule has 1 heterocycles. The van der Waals surface area contributed by atoms with Crippen molar-refractivity contribution in [3.63, 3.8) is 0 Å². The summed E-state index contributed by atoms with van der Waals surface area (Å²) in [4.78, 5) is 0. The molecule has 1 radical (unpaired) electrons. The third-order valence-electron chi connectivity index (χ3n) is 2.60. The number of hydrogen-bond acceptors (Lipinski definition) is 5. The summed E-state index contributed by atoms with van der Waals surface area (Å²) in [6.45, 7) is 0.635. The predicted octanol–water partition coefficient (Wildman–Crippen LogP) is 0.518. The number of rotatable bonds is 1. The quantitative estimate of drug-likeness (QED) is 0.327. The van der Waals surface area contributed by atoms with Crippen molar-refractivity contribution in [1.82, 2.24) is 0 Å². The molecule has 1 saturated heterocycles. The maximum atomic E-state index is 9.68. The SMILES string of the molecule is Oc1cc([Si]2CCCCO2)c(O)c(O)c1O. The Morgan fingerprint density at radius 1 is 1.00 bits per heavy atom. The summed E-state index contributed by atoms with van der Waals surface area (Å²) in [5, 5.41) is 38.1. The van der Waals surface area contributed by atoms with E-state index in [1.54, 1.807) is 0 Å². The second-order valence-corrected chi connectivity index (χ2v) is 5.89. The molecule has 0 atom stereocenters. The van der Waals surface area contributed by atoms with E-state index in [9.17, 15) is 20.4 Å². The second-order valence-electron chi connectivity index (χ2n) is 3.72. The second kappa shape index (κ2) is 4.23. The molecule has 0 amide bonds. The van der Waals surface area contributed by atoms with Crippen LogP contribution in [0.3, 0.4) is 0 Å². The van der Waals surface area contributed by atoms with Crippen LogP contribution in [0.5, 0.6) is 23.0 Å². The van der Waals surface area contributed by atoms with E-state index in [1.807, 2.05) is 0 Å². The molecular weight excluding hydrogens is 228 g/mol. The smallest absolute Gasteiger partial charge is 0.250 e. The van der Waals surface area contributed by atoms with Crippen molar-refractivity contribution >= 4 is 14.2 Å². The highest BCUT2D eigenvalue weighted by Gasteiger charge is 2.27. The Balaban J connectivity index is 2.40. The zero-order valence-corrected chi connectivity index (χ0v) is 9.60. The molecule has 0 aromatic heterocycles. The van der Waals surface area contributed by atoms with Crippen molar-refractivity contribution in [2.45, 2.75) is 18.9 Å². The minimum absolute atomic E-state index is 0.383. The molecular formula is C10H13O5Si. The maximum Gasteiger partial charge on any atom is 0.250 e. The maximum absolute atomic E-state index is 9.68. The van der Waals surface area contributed by atoms with Gasteiger partial charge in [0.1, 0.15) is 0 Å². The van der Waals surface area contributed by atoms with Gasteiger partial charge in [-0.15, -0.1) is 0 Å². The Bertz CT molecular complexity index is 401.